The van der Waals surface area contributed by atoms with E-state index in [0.29, 0.717) is 25.2 Å². The van der Waals surface area contributed by atoms with E-state index in [1.165, 1.54) is 10.4 Å². The first kappa shape index (κ1) is 15.5. The molecule has 3 rings (SSSR count). The quantitative estimate of drug-likeness (QED) is 0.904. The Kier molecular flexibility index (Phi) is 4.41. The van der Waals surface area contributed by atoms with Crippen molar-refractivity contribution >= 4 is 21.4 Å². The highest BCUT2D eigenvalue weighted by Gasteiger charge is 2.41. The van der Waals surface area contributed by atoms with Gasteiger partial charge in [0.1, 0.15) is 0 Å². The number of nitrogens with one attached hydrogen (secondary N) is 1. The Hall–Kier alpha value is -0.430. The van der Waals surface area contributed by atoms with E-state index in [4.69, 9.17) is 0 Å². The van der Waals surface area contributed by atoms with Crippen LogP contribution in [0.5, 0.6) is 0 Å². The van der Waals surface area contributed by atoms with E-state index in [-0.39, 0.29) is 5.25 Å². The maximum Gasteiger partial charge on any atom is 0.216 e. The lowest BCUT2D eigenvalue weighted by Crippen LogP contribution is -2.46. The summed E-state index contributed by atoms with van der Waals surface area (Å²) in [6.45, 7) is 5.69. The molecule has 21 heavy (non-hydrogen) atoms. The minimum absolute atomic E-state index is 0.0744. The molecule has 1 saturated heterocycles. The molecule has 1 aromatic rings. The van der Waals surface area contributed by atoms with Gasteiger partial charge in [-0.05, 0) is 56.5 Å². The van der Waals surface area contributed by atoms with Crippen LogP contribution in [0.2, 0.25) is 0 Å². The monoisotopic (exact) mass is 328 g/mol. The fourth-order valence-electron chi connectivity index (χ4n) is 3.11. The summed E-state index contributed by atoms with van der Waals surface area (Å²) in [5.41, 5.74) is 1.34. The fraction of sp³-hybridized carbons (Fsp3) is 0.733. The average Bonchev–Trinajstić information content (AvgIpc) is 3.22. The van der Waals surface area contributed by atoms with Crippen molar-refractivity contribution in [1.29, 1.82) is 0 Å². The van der Waals surface area contributed by atoms with Gasteiger partial charge in [0.05, 0.1) is 5.25 Å². The van der Waals surface area contributed by atoms with E-state index < -0.39 is 10.0 Å². The molecule has 0 aromatic carbocycles. The summed E-state index contributed by atoms with van der Waals surface area (Å²) < 4.78 is 26.1. The van der Waals surface area contributed by atoms with Crippen molar-refractivity contribution in [3.05, 3.63) is 21.9 Å². The Bertz CT molecular complexity index is 585. The molecule has 1 aromatic heterocycles. The highest BCUT2D eigenvalue weighted by molar-refractivity contribution is 7.90. The van der Waals surface area contributed by atoms with Crippen LogP contribution in [0.15, 0.2) is 11.4 Å². The summed E-state index contributed by atoms with van der Waals surface area (Å²) in [7, 11) is -2.98. The lowest BCUT2D eigenvalue weighted by molar-refractivity contribution is 0.277. The van der Waals surface area contributed by atoms with Gasteiger partial charge in [-0.1, -0.05) is 0 Å². The zero-order valence-corrected chi connectivity index (χ0v) is 14.3. The highest BCUT2D eigenvalue weighted by atomic mass is 32.2. The normalized spacial score (nSPS) is 23.3. The Morgan fingerprint density at radius 3 is 2.48 bits per heavy atom. The van der Waals surface area contributed by atoms with Gasteiger partial charge < -0.3 is 5.32 Å². The van der Waals surface area contributed by atoms with Crippen LogP contribution < -0.4 is 5.32 Å². The number of sulfonamides is 1. The number of hydrogen-bond acceptors (Lipinski definition) is 4. The van der Waals surface area contributed by atoms with E-state index in [1.807, 2.05) is 0 Å². The number of thiophene rings is 1. The van der Waals surface area contributed by atoms with Crippen LogP contribution >= 0.6 is 11.3 Å². The third-order valence-electron chi connectivity index (χ3n) is 4.54. The molecule has 1 N–H and O–H groups in total. The lowest BCUT2D eigenvalue weighted by atomic mass is 10.0. The molecule has 0 amide bonds. The van der Waals surface area contributed by atoms with Crippen molar-refractivity contribution in [2.24, 2.45) is 0 Å². The molecular weight excluding hydrogens is 304 g/mol. The van der Waals surface area contributed by atoms with Gasteiger partial charge in [-0.15, -0.1) is 11.3 Å². The Morgan fingerprint density at radius 2 is 1.95 bits per heavy atom. The van der Waals surface area contributed by atoms with Gasteiger partial charge in [-0.25, -0.2) is 12.7 Å². The second kappa shape index (κ2) is 5.99. The summed E-state index contributed by atoms with van der Waals surface area (Å²) in [6.07, 6.45) is 3.55. The summed E-state index contributed by atoms with van der Waals surface area (Å²) in [5.74, 6) is 0. The van der Waals surface area contributed by atoms with Gasteiger partial charge in [0.2, 0.25) is 10.0 Å². The van der Waals surface area contributed by atoms with Gasteiger partial charge in [0.15, 0.2) is 0 Å². The van der Waals surface area contributed by atoms with Gasteiger partial charge in [0.25, 0.3) is 0 Å². The van der Waals surface area contributed by atoms with Crippen molar-refractivity contribution in [2.45, 2.75) is 56.9 Å². The van der Waals surface area contributed by atoms with Crippen LogP contribution in [0.25, 0.3) is 0 Å². The fourth-order valence-corrected chi connectivity index (χ4v) is 5.93. The van der Waals surface area contributed by atoms with Crippen LogP contribution in [0.3, 0.4) is 0 Å². The minimum atomic E-state index is -2.98. The summed E-state index contributed by atoms with van der Waals surface area (Å²) in [6, 6.07) is 2.93. The molecule has 118 valence electrons. The second-order valence-corrected chi connectivity index (χ2v) is 9.43. The van der Waals surface area contributed by atoms with Crippen LogP contribution in [0.4, 0.5) is 0 Å². The number of aryl methyl sites for hydroxylation is 1. The first-order valence-electron chi connectivity index (χ1n) is 7.77. The van der Waals surface area contributed by atoms with Crippen LogP contribution in [-0.4, -0.2) is 37.1 Å². The van der Waals surface area contributed by atoms with Crippen molar-refractivity contribution in [2.75, 3.05) is 13.1 Å². The average molecular weight is 329 g/mol. The third kappa shape index (κ3) is 3.33. The molecule has 2 aliphatic rings. The van der Waals surface area contributed by atoms with Gasteiger partial charge in [0, 0.05) is 30.1 Å². The molecule has 6 heteroatoms. The van der Waals surface area contributed by atoms with Gasteiger partial charge >= 0.3 is 0 Å². The topological polar surface area (TPSA) is 49.4 Å². The van der Waals surface area contributed by atoms with Crippen LogP contribution in [0.1, 0.15) is 49.1 Å². The predicted molar refractivity (Wildman–Crippen MR) is 87.1 cm³/mol. The molecule has 2 fully saturated rings. The van der Waals surface area contributed by atoms with E-state index >= 15 is 0 Å². The molecule has 0 bridgehead atoms. The molecule has 1 unspecified atom stereocenters. The number of rotatable bonds is 5. The van der Waals surface area contributed by atoms with Gasteiger partial charge in [-0.3, -0.25) is 0 Å². The zero-order chi connectivity index (χ0) is 15.0. The van der Waals surface area contributed by atoms with Crippen LogP contribution in [-0.2, 0) is 10.0 Å². The summed E-state index contributed by atoms with van der Waals surface area (Å²) >= 11 is 1.79. The Morgan fingerprint density at radius 1 is 1.29 bits per heavy atom. The lowest BCUT2D eigenvalue weighted by Gasteiger charge is -2.33. The smallest absolute Gasteiger partial charge is 0.216 e. The number of piperidine rings is 1. The Balaban J connectivity index is 1.53. The first-order chi connectivity index (χ1) is 9.98. The van der Waals surface area contributed by atoms with Crippen LogP contribution in [0, 0.1) is 6.92 Å². The molecule has 0 radical (unpaired) electrons. The molecule has 1 saturated carbocycles. The second-order valence-electron chi connectivity index (χ2n) is 6.27. The standard InChI is InChI=1S/C15H24N2O2S2/c1-11-7-10-20-15(11)12(2)16-13-5-8-17(9-6-13)21(18,19)14-3-4-14/h7,10,12-14,16H,3-6,8-9H2,1-2H3. The van der Waals surface area contributed by atoms with E-state index in [1.54, 1.807) is 15.6 Å². The molecule has 4 nitrogen and oxygen atoms in total. The highest BCUT2D eigenvalue weighted by Crippen LogP contribution is 2.32. The number of hydrogen-bond donors (Lipinski definition) is 1. The zero-order valence-electron chi connectivity index (χ0n) is 12.7. The van der Waals surface area contributed by atoms with E-state index in [0.717, 1.165) is 25.7 Å². The summed E-state index contributed by atoms with van der Waals surface area (Å²) in [5, 5.41) is 5.73. The molecular formula is C15H24N2O2S2. The SMILES string of the molecule is Cc1ccsc1C(C)NC1CCN(S(=O)(=O)C2CC2)CC1. The van der Waals surface area contributed by atoms with Crippen molar-refractivity contribution < 1.29 is 8.42 Å². The number of nitrogens with zero attached hydrogens (tertiary/aromatic N) is 1. The van der Waals surface area contributed by atoms with Crippen molar-refractivity contribution in [3.63, 3.8) is 0 Å². The first-order valence-corrected chi connectivity index (χ1v) is 10.2. The molecule has 0 spiro atoms. The largest absolute Gasteiger partial charge is 0.307 e. The van der Waals surface area contributed by atoms with Gasteiger partial charge in [-0.2, -0.15) is 0 Å². The molecule has 2 heterocycles. The minimum Gasteiger partial charge on any atom is -0.307 e. The Labute approximate surface area is 131 Å². The molecule has 1 aliphatic carbocycles. The maximum absolute atomic E-state index is 12.2. The van der Waals surface area contributed by atoms with E-state index in [9.17, 15) is 8.42 Å². The third-order valence-corrected chi connectivity index (χ3v) is 8.14. The molecule has 1 aliphatic heterocycles. The van der Waals surface area contributed by atoms with E-state index in [2.05, 4.69) is 30.6 Å². The van der Waals surface area contributed by atoms with Crippen molar-refractivity contribution in [3.8, 4) is 0 Å². The molecule has 1 atom stereocenters. The predicted octanol–water partition coefficient (Wildman–Crippen LogP) is 2.66. The van der Waals surface area contributed by atoms with Crippen molar-refractivity contribution in [1.82, 2.24) is 9.62 Å². The maximum atomic E-state index is 12.2. The summed E-state index contributed by atoms with van der Waals surface area (Å²) in [4.78, 5) is 1.39.